The van der Waals surface area contributed by atoms with E-state index >= 15 is 0 Å². The number of nitrogens with zero attached hydrogens (tertiary/aromatic N) is 5. The molecule has 4 rings (SSSR count). The van der Waals surface area contributed by atoms with Gasteiger partial charge >= 0.3 is 0 Å². The van der Waals surface area contributed by atoms with Gasteiger partial charge < -0.3 is 10.6 Å². The summed E-state index contributed by atoms with van der Waals surface area (Å²) >= 11 is 0. The number of aromatic nitrogens is 4. The molecular formula is C24H27N7. The summed E-state index contributed by atoms with van der Waals surface area (Å²) in [7, 11) is 1.80. The predicted octanol–water partition coefficient (Wildman–Crippen LogP) is 3.01. The van der Waals surface area contributed by atoms with Crippen LogP contribution in [0.3, 0.4) is 0 Å². The summed E-state index contributed by atoms with van der Waals surface area (Å²) in [6.45, 7) is 1.64. The molecule has 0 atom stereocenters. The maximum Gasteiger partial charge on any atom is 0.190 e. The highest BCUT2D eigenvalue weighted by atomic mass is 15.3. The third-order valence-electron chi connectivity index (χ3n) is 5.05. The Hall–Kier alpha value is -3.87. The molecule has 0 bridgehead atoms. The maximum atomic E-state index is 4.32. The highest BCUT2D eigenvalue weighted by Gasteiger charge is 2.01. The van der Waals surface area contributed by atoms with Crippen LogP contribution < -0.4 is 10.6 Å². The Morgan fingerprint density at radius 1 is 0.742 bits per heavy atom. The first-order valence-corrected chi connectivity index (χ1v) is 10.4. The first-order valence-electron chi connectivity index (χ1n) is 10.4. The fourth-order valence-corrected chi connectivity index (χ4v) is 3.34. The number of hydrogen-bond acceptors (Lipinski definition) is 3. The van der Waals surface area contributed by atoms with Gasteiger partial charge in [-0.2, -0.15) is 10.2 Å². The Labute approximate surface area is 182 Å². The van der Waals surface area contributed by atoms with Crippen molar-refractivity contribution in [1.82, 2.24) is 30.2 Å². The fraction of sp³-hybridized carbons (Fsp3) is 0.208. The monoisotopic (exact) mass is 413 g/mol. The lowest BCUT2D eigenvalue weighted by atomic mass is 10.1. The highest BCUT2D eigenvalue weighted by Crippen LogP contribution is 2.10. The van der Waals surface area contributed by atoms with Crippen LogP contribution in [0.25, 0.3) is 11.4 Å². The van der Waals surface area contributed by atoms with Crippen molar-refractivity contribution < 1.29 is 0 Å². The van der Waals surface area contributed by atoms with Crippen molar-refractivity contribution in [1.29, 1.82) is 0 Å². The zero-order valence-electron chi connectivity index (χ0n) is 17.6. The number of benzene rings is 2. The first kappa shape index (κ1) is 20.4. The van der Waals surface area contributed by atoms with Crippen LogP contribution in [0.4, 0.5) is 0 Å². The van der Waals surface area contributed by atoms with Crippen molar-refractivity contribution in [3.63, 3.8) is 0 Å². The van der Waals surface area contributed by atoms with Crippen molar-refractivity contribution in [3.8, 4) is 11.4 Å². The van der Waals surface area contributed by atoms with Crippen molar-refractivity contribution in [3.05, 3.63) is 96.6 Å². The smallest absolute Gasteiger partial charge is 0.190 e. The number of rotatable bonds is 8. The van der Waals surface area contributed by atoms with Gasteiger partial charge in [0.15, 0.2) is 5.96 Å². The van der Waals surface area contributed by atoms with Crippen molar-refractivity contribution >= 4 is 5.96 Å². The van der Waals surface area contributed by atoms with Crippen molar-refractivity contribution in [2.75, 3.05) is 20.1 Å². The lowest BCUT2D eigenvalue weighted by Crippen LogP contribution is -2.39. The van der Waals surface area contributed by atoms with E-state index in [2.05, 4.69) is 74.4 Å². The number of hydrogen-bond donors (Lipinski definition) is 2. The summed E-state index contributed by atoms with van der Waals surface area (Å²) in [4.78, 5) is 4.32. The summed E-state index contributed by atoms with van der Waals surface area (Å²) in [6, 6.07) is 20.8. The Bertz CT molecular complexity index is 978. The molecule has 0 saturated heterocycles. The van der Waals surface area contributed by atoms with E-state index in [9.17, 15) is 0 Å². The summed E-state index contributed by atoms with van der Waals surface area (Å²) in [5, 5.41) is 15.3. The van der Waals surface area contributed by atoms with E-state index in [1.54, 1.807) is 19.4 Å². The first-order chi connectivity index (χ1) is 15.3. The maximum absolute atomic E-state index is 4.32. The summed E-state index contributed by atoms with van der Waals surface area (Å²) in [5.41, 5.74) is 4.68. The molecule has 2 heterocycles. The summed E-state index contributed by atoms with van der Waals surface area (Å²) in [6.07, 6.45) is 9.31. The topological polar surface area (TPSA) is 72.1 Å². The molecule has 0 radical (unpaired) electrons. The van der Waals surface area contributed by atoms with Gasteiger partial charge in [0, 0.05) is 44.9 Å². The average Bonchev–Trinajstić information content (AvgIpc) is 3.54. The molecule has 2 aromatic heterocycles. The lowest BCUT2D eigenvalue weighted by molar-refractivity contribution is 0.783. The van der Waals surface area contributed by atoms with E-state index in [-0.39, 0.29) is 0 Å². The molecule has 0 aliphatic heterocycles. The van der Waals surface area contributed by atoms with Gasteiger partial charge in [0.1, 0.15) is 0 Å². The minimum absolute atomic E-state index is 0.819. The molecule has 4 aromatic rings. The van der Waals surface area contributed by atoms with Gasteiger partial charge in [0.05, 0.1) is 11.4 Å². The van der Waals surface area contributed by atoms with Crippen molar-refractivity contribution in [2.45, 2.75) is 12.8 Å². The molecule has 0 spiro atoms. The molecule has 0 aliphatic carbocycles. The summed E-state index contributed by atoms with van der Waals surface area (Å²) < 4.78 is 3.72. The third kappa shape index (κ3) is 5.60. The zero-order valence-corrected chi connectivity index (χ0v) is 17.6. The van der Waals surface area contributed by atoms with Crippen LogP contribution in [0.5, 0.6) is 0 Å². The second-order valence-corrected chi connectivity index (χ2v) is 7.16. The van der Waals surface area contributed by atoms with Crippen LogP contribution in [0.2, 0.25) is 0 Å². The fourth-order valence-electron chi connectivity index (χ4n) is 3.34. The quantitative estimate of drug-likeness (QED) is 0.344. The van der Waals surface area contributed by atoms with E-state index in [4.69, 9.17) is 0 Å². The van der Waals surface area contributed by atoms with Gasteiger partial charge in [-0.25, -0.2) is 9.36 Å². The molecular weight excluding hydrogens is 386 g/mol. The standard InChI is InChI=1S/C24H27N7/c1-25-24(26-16-12-20-4-8-22(9-5-20)30-18-2-14-28-30)27-17-13-21-6-10-23(11-7-21)31-19-3-15-29-31/h2-11,14-15,18-19H,12-13,16-17H2,1H3,(H2,25,26,27). The largest absolute Gasteiger partial charge is 0.356 e. The van der Waals surface area contributed by atoms with E-state index in [0.29, 0.717) is 0 Å². The third-order valence-corrected chi connectivity index (χ3v) is 5.05. The van der Waals surface area contributed by atoms with E-state index in [0.717, 1.165) is 43.3 Å². The van der Waals surface area contributed by atoms with E-state index in [1.165, 1.54) is 11.1 Å². The van der Waals surface area contributed by atoms with Crippen LogP contribution in [-0.2, 0) is 12.8 Å². The highest BCUT2D eigenvalue weighted by molar-refractivity contribution is 5.79. The second-order valence-electron chi connectivity index (χ2n) is 7.16. The van der Waals surface area contributed by atoms with Gasteiger partial charge in [-0.15, -0.1) is 0 Å². The van der Waals surface area contributed by atoms with Gasteiger partial charge in [0.25, 0.3) is 0 Å². The molecule has 0 unspecified atom stereocenters. The lowest BCUT2D eigenvalue weighted by Gasteiger charge is -2.12. The Kier molecular flexibility index (Phi) is 6.74. The molecule has 158 valence electrons. The Morgan fingerprint density at radius 3 is 1.55 bits per heavy atom. The van der Waals surface area contributed by atoms with Gasteiger partial charge in [0.2, 0.25) is 0 Å². The molecule has 7 nitrogen and oxygen atoms in total. The van der Waals surface area contributed by atoms with Crippen LogP contribution >= 0.6 is 0 Å². The van der Waals surface area contributed by atoms with Gasteiger partial charge in [-0.05, 0) is 60.4 Å². The van der Waals surface area contributed by atoms with Crippen LogP contribution in [0, 0.1) is 0 Å². The molecule has 7 heteroatoms. The van der Waals surface area contributed by atoms with Crippen LogP contribution in [-0.4, -0.2) is 45.7 Å². The molecule has 2 aromatic carbocycles. The Balaban J connectivity index is 1.18. The zero-order chi connectivity index (χ0) is 21.3. The number of nitrogens with one attached hydrogen (secondary N) is 2. The molecule has 0 aliphatic rings. The SMILES string of the molecule is CN=C(NCCc1ccc(-n2cccn2)cc1)NCCc1ccc(-n2cccn2)cc1. The second kappa shape index (κ2) is 10.2. The summed E-state index contributed by atoms with van der Waals surface area (Å²) in [5.74, 6) is 0.821. The normalized spacial score (nSPS) is 10.6. The Morgan fingerprint density at radius 2 is 1.19 bits per heavy atom. The van der Waals surface area contributed by atoms with E-state index in [1.807, 2.05) is 33.9 Å². The molecule has 0 amide bonds. The van der Waals surface area contributed by atoms with Crippen molar-refractivity contribution in [2.24, 2.45) is 4.99 Å². The molecule has 2 N–H and O–H groups in total. The van der Waals surface area contributed by atoms with Gasteiger partial charge in [-0.1, -0.05) is 24.3 Å². The average molecular weight is 414 g/mol. The molecule has 31 heavy (non-hydrogen) atoms. The predicted molar refractivity (Wildman–Crippen MR) is 124 cm³/mol. The van der Waals surface area contributed by atoms with E-state index < -0.39 is 0 Å². The van der Waals surface area contributed by atoms with Crippen LogP contribution in [0.1, 0.15) is 11.1 Å². The number of guanidine groups is 1. The number of aliphatic imine (C=N–C) groups is 1. The molecule has 0 saturated carbocycles. The van der Waals surface area contributed by atoms with Crippen LogP contribution in [0.15, 0.2) is 90.4 Å². The minimum Gasteiger partial charge on any atom is -0.356 e. The minimum atomic E-state index is 0.819. The molecule has 0 fully saturated rings. The van der Waals surface area contributed by atoms with Gasteiger partial charge in [-0.3, -0.25) is 4.99 Å².